The highest BCUT2D eigenvalue weighted by Crippen LogP contribution is 2.46. The smallest absolute Gasteiger partial charge is 0.169 e. The van der Waals surface area contributed by atoms with E-state index in [1.165, 1.54) is 12.1 Å². The fraction of sp³-hybridized carbons (Fsp3) is 0.200. The molecule has 0 N–H and O–H groups in total. The molecule has 1 heterocycles. The first-order chi connectivity index (χ1) is 11.1. The molecule has 5 nitrogen and oxygen atoms in total. The number of hydrogen-bond acceptors (Lipinski definition) is 3. The van der Waals surface area contributed by atoms with Crippen molar-refractivity contribution in [2.45, 2.75) is 6.10 Å². The summed E-state index contributed by atoms with van der Waals surface area (Å²) in [4.78, 5) is 2.70. The van der Waals surface area contributed by atoms with E-state index in [1.807, 2.05) is 0 Å². The lowest BCUT2D eigenvalue weighted by Gasteiger charge is -2.27. The molecule has 3 rings (SSSR count). The van der Waals surface area contributed by atoms with E-state index in [1.54, 1.807) is 18.2 Å². The Bertz CT molecular complexity index is 789. The molecule has 1 aliphatic rings. The molecule has 0 amide bonds. The van der Waals surface area contributed by atoms with Crippen LogP contribution in [-0.4, -0.2) is 19.3 Å². The molecule has 0 spiro atoms. The van der Waals surface area contributed by atoms with Crippen molar-refractivity contribution in [2.75, 3.05) is 13.2 Å². The summed E-state index contributed by atoms with van der Waals surface area (Å²) < 4.78 is 25.2. The van der Waals surface area contributed by atoms with Crippen LogP contribution in [0.15, 0.2) is 35.4 Å². The molecule has 2 aromatic carbocycles. The van der Waals surface area contributed by atoms with Gasteiger partial charge in [0.2, 0.25) is 0 Å². The van der Waals surface area contributed by atoms with Crippen LogP contribution in [0.5, 0.6) is 11.5 Å². The normalized spacial score (nSPS) is 15.9. The summed E-state index contributed by atoms with van der Waals surface area (Å²) in [5.74, 6) is 0.0887. The number of fused-ring (bicyclic) bond motifs is 1. The predicted molar refractivity (Wildman–Crippen MR) is 85.8 cm³/mol. The Balaban J connectivity index is 2.12. The number of rotatable bonds is 3. The van der Waals surface area contributed by atoms with Gasteiger partial charge in [0.05, 0.1) is 16.6 Å². The summed E-state index contributed by atoms with van der Waals surface area (Å²) in [5.41, 5.74) is 9.26. The molecule has 2 aromatic rings. The highest BCUT2D eigenvalue weighted by molar-refractivity contribution is 6.39. The van der Waals surface area contributed by atoms with Gasteiger partial charge in [-0.05, 0) is 23.7 Å². The lowest BCUT2D eigenvalue weighted by atomic mass is 10.0. The zero-order valence-electron chi connectivity index (χ0n) is 11.7. The summed E-state index contributed by atoms with van der Waals surface area (Å²) in [5, 5.41) is 4.21. The Morgan fingerprint density at radius 1 is 1.30 bits per heavy atom. The van der Waals surface area contributed by atoms with E-state index in [2.05, 4.69) is 10.0 Å². The van der Waals surface area contributed by atoms with Crippen molar-refractivity contribution in [2.24, 2.45) is 5.11 Å². The summed E-state index contributed by atoms with van der Waals surface area (Å²) in [7, 11) is 0. The molecule has 118 valence electrons. The Labute approximate surface area is 141 Å². The molecule has 0 aliphatic carbocycles. The van der Waals surface area contributed by atoms with Crippen LogP contribution >= 0.6 is 23.2 Å². The maximum atomic E-state index is 13.9. The monoisotopic (exact) mass is 353 g/mol. The molecule has 1 atom stereocenters. The van der Waals surface area contributed by atoms with E-state index in [0.717, 1.165) is 0 Å². The van der Waals surface area contributed by atoms with E-state index in [0.29, 0.717) is 26.9 Å². The van der Waals surface area contributed by atoms with Gasteiger partial charge in [-0.2, -0.15) is 0 Å². The predicted octanol–water partition coefficient (Wildman–Crippen LogP) is 5.25. The minimum Gasteiger partial charge on any atom is -0.486 e. The third kappa shape index (κ3) is 3.15. The van der Waals surface area contributed by atoms with Crippen molar-refractivity contribution in [3.63, 3.8) is 0 Å². The third-order valence-corrected chi connectivity index (χ3v) is 3.94. The number of azide groups is 1. The van der Waals surface area contributed by atoms with Crippen molar-refractivity contribution in [1.29, 1.82) is 0 Å². The summed E-state index contributed by atoms with van der Waals surface area (Å²) >= 11 is 12.4. The van der Waals surface area contributed by atoms with Crippen LogP contribution in [0.3, 0.4) is 0 Å². The van der Waals surface area contributed by atoms with Crippen molar-refractivity contribution in [1.82, 2.24) is 0 Å². The Morgan fingerprint density at radius 2 is 2.04 bits per heavy atom. The van der Waals surface area contributed by atoms with Crippen LogP contribution in [0.2, 0.25) is 10.0 Å². The first-order valence-corrected chi connectivity index (χ1v) is 7.44. The van der Waals surface area contributed by atoms with E-state index in [9.17, 15) is 4.39 Å². The van der Waals surface area contributed by atoms with Gasteiger partial charge < -0.3 is 9.47 Å². The fourth-order valence-corrected chi connectivity index (χ4v) is 2.94. The summed E-state index contributed by atoms with van der Waals surface area (Å²) in [6.07, 6.45) is -0.469. The number of hydrogen-bond donors (Lipinski definition) is 0. The van der Waals surface area contributed by atoms with Crippen molar-refractivity contribution >= 4 is 23.2 Å². The zero-order valence-corrected chi connectivity index (χ0v) is 13.2. The Morgan fingerprint density at radius 3 is 2.74 bits per heavy atom. The number of nitrogens with zero attached hydrogens (tertiary/aromatic N) is 3. The molecule has 23 heavy (non-hydrogen) atoms. The molecule has 8 heteroatoms. The third-order valence-electron chi connectivity index (χ3n) is 3.31. The van der Waals surface area contributed by atoms with Crippen LogP contribution in [0.1, 0.15) is 0 Å². The highest BCUT2D eigenvalue weighted by Gasteiger charge is 2.26. The molecule has 0 aromatic heterocycles. The second-order valence-corrected chi connectivity index (χ2v) is 5.66. The quantitative estimate of drug-likeness (QED) is 0.429. The van der Waals surface area contributed by atoms with Crippen molar-refractivity contribution in [3.8, 4) is 22.6 Å². The Hall–Kier alpha value is -2.14. The highest BCUT2D eigenvalue weighted by atomic mass is 35.5. The molecule has 0 saturated carbocycles. The maximum absolute atomic E-state index is 13.9. The van der Waals surface area contributed by atoms with Gasteiger partial charge in [0, 0.05) is 22.1 Å². The average Bonchev–Trinajstić information content (AvgIpc) is 2.52. The lowest BCUT2D eigenvalue weighted by molar-refractivity contribution is 0.0972. The van der Waals surface area contributed by atoms with Gasteiger partial charge in [0.25, 0.3) is 0 Å². The topological polar surface area (TPSA) is 67.2 Å². The molecule has 1 unspecified atom stereocenters. The first kappa shape index (κ1) is 15.7. The molecule has 0 bridgehead atoms. The number of ether oxygens (including phenoxy) is 2. The van der Waals surface area contributed by atoms with E-state index >= 15 is 0 Å². The van der Waals surface area contributed by atoms with Gasteiger partial charge in [-0.3, -0.25) is 0 Å². The van der Waals surface area contributed by atoms with Crippen LogP contribution in [0.25, 0.3) is 21.6 Å². The molecule has 0 radical (unpaired) electrons. The van der Waals surface area contributed by atoms with Gasteiger partial charge in [-0.15, -0.1) is 0 Å². The van der Waals surface area contributed by atoms with Crippen LogP contribution in [0, 0.1) is 5.82 Å². The SMILES string of the molecule is [N-]=[N+]=NCC1COc2cc(F)cc(-c3c(Cl)cccc3Cl)c2O1. The zero-order chi connectivity index (χ0) is 16.4. The van der Waals surface area contributed by atoms with Crippen LogP contribution < -0.4 is 9.47 Å². The second kappa shape index (κ2) is 6.54. The van der Waals surface area contributed by atoms with E-state index in [-0.39, 0.29) is 18.9 Å². The second-order valence-electron chi connectivity index (χ2n) is 4.84. The molecular weight excluding hydrogens is 344 g/mol. The van der Waals surface area contributed by atoms with E-state index < -0.39 is 11.9 Å². The minimum atomic E-state index is -0.494. The van der Waals surface area contributed by atoms with Crippen molar-refractivity contribution < 1.29 is 13.9 Å². The van der Waals surface area contributed by atoms with Crippen LogP contribution in [-0.2, 0) is 0 Å². The minimum absolute atomic E-state index is 0.100. The van der Waals surface area contributed by atoms with Gasteiger partial charge in [-0.25, -0.2) is 4.39 Å². The molecule has 0 fully saturated rings. The van der Waals surface area contributed by atoms with Gasteiger partial charge in [0.1, 0.15) is 18.5 Å². The molecular formula is C15H10Cl2FN3O2. The summed E-state index contributed by atoms with van der Waals surface area (Å²) in [6, 6.07) is 7.52. The average molecular weight is 354 g/mol. The molecule has 1 aliphatic heterocycles. The Kier molecular flexibility index (Phi) is 4.48. The summed E-state index contributed by atoms with van der Waals surface area (Å²) in [6.45, 7) is 0.258. The lowest BCUT2D eigenvalue weighted by Crippen LogP contribution is -2.31. The van der Waals surface area contributed by atoms with Gasteiger partial charge in [0.15, 0.2) is 11.5 Å². The first-order valence-electron chi connectivity index (χ1n) is 6.68. The standard InChI is InChI=1S/C15H10Cl2FN3O2/c16-11-2-1-3-12(17)14(11)10-4-8(18)5-13-15(10)23-9(7-22-13)6-20-21-19/h1-5,9H,6-7H2. The largest absolute Gasteiger partial charge is 0.486 e. The number of benzene rings is 2. The number of halogens is 3. The van der Waals surface area contributed by atoms with Gasteiger partial charge >= 0.3 is 0 Å². The fourth-order valence-electron chi connectivity index (χ4n) is 2.34. The van der Waals surface area contributed by atoms with Crippen LogP contribution in [0.4, 0.5) is 4.39 Å². The maximum Gasteiger partial charge on any atom is 0.169 e. The molecule has 0 saturated heterocycles. The van der Waals surface area contributed by atoms with Gasteiger partial charge in [-0.1, -0.05) is 34.4 Å². The van der Waals surface area contributed by atoms with Crippen molar-refractivity contribution in [3.05, 3.63) is 56.6 Å². The van der Waals surface area contributed by atoms with E-state index in [4.69, 9.17) is 38.2 Å².